The number of carboxylic acid groups (broad SMARTS) is 2. The van der Waals surface area contributed by atoms with E-state index in [1.54, 1.807) is 4.90 Å². The van der Waals surface area contributed by atoms with Gasteiger partial charge in [0.05, 0.1) is 17.8 Å². The highest BCUT2D eigenvalue weighted by atomic mass is 16.6. The summed E-state index contributed by atoms with van der Waals surface area (Å²) in [5.74, 6) is 1.42. The largest absolute Gasteiger partial charge is 0.503 e. The molecule has 6 rings (SSSR count). The van der Waals surface area contributed by atoms with Crippen LogP contribution < -0.4 is 0 Å². The molecule has 2 fully saturated rings. The van der Waals surface area contributed by atoms with Crippen molar-refractivity contribution < 1.29 is 29.1 Å². The molecule has 1 aliphatic carbocycles. The lowest BCUT2D eigenvalue weighted by molar-refractivity contribution is 0.131. The molecule has 194 valence electrons. The number of aryl methyl sites for hydroxylation is 1. The van der Waals surface area contributed by atoms with Gasteiger partial charge >= 0.3 is 12.2 Å². The second-order valence-electron chi connectivity index (χ2n) is 9.51. The predicted molar refractivity (Wildman–Crippen MR) is 141 cm³/mol. The Bertz CT molecular complexity index is 1410. The van der Waals surface area contributed by atoms with Crippen molar-refractivity contribution in [2.75, 3.05) is 6.54 Å². The maximum Gasteiger partial charge on any atom is 0.503 e. The molecule has 3 aromatic carbocycles. The third-order valence-corrected chi connectivity index (χ3v) is 6.77. The fourth-order valence-electron chi connectivity index (χ4n) is 4.73. The van der Waals surface area contributed by atoms with Crippen molar-refractivity contribution >= 4 is 12.2 Å². The van der Waals surface area contributed by atoms with Crippen LogP contribution in [0.5, 0.6) is 0 Å². The summed E-state index contributed by atoms with van der Waals surface area (Å²) in [5.41, 5.74) is 7.38. The number of aromatic nitrogens is 1. The van der Waals surface area contributed by atoms with Gasteiger partial charge in [-0.05, 0) is 47.9 Å². The van der Waals surface area contributed by atoms with Crippen LogP contribution in [-0.2, 0) is 11.3 Å². The lowest BCUT2D eigenvalue weighted by Crippen LogP contribution is -2.23. The smallest absolute Gasteiger partial charge is 0.450 e. The fraction of sp³-hybridized carbons (Fsp3) is 0.233. The third-order valence-electron chi connectivity index (χ3n) is 6.77. The van der Waals surface area contributed by atoms with Crippen LogP contribution in [0.2, 0.25) is 0 Å². The van der Waals surface area contributed by atoms with Crippen molar-refractivity contribution in [2.45, 2.75) is 38.3 Å². The lowest BCUT2D eigenvalue weighted by Gasteiger charge is -2.13. The third kappa shape index (κ3) is 5.70. The first-order valence-electron chi connectivity index (χ1n) is 12.5. The Labute approximate surface area is 220 Å². The summed E-state index contributed by atoms with van der Waals surface area (Å²) >= 11 is 0. The summed E-state index contributed by atoms with van der Waals surface area (Å²) in [4.78, 5) is 22.8. The number of ether oxygens (including phenoxy) is 1. The van der Waals surface area contributed by atoms with Crippen molar-refractivity contribution in [3.63, 3.8) is 0 Å². The van der Waals surface area contributed by atoms with E-state index >= 15 is 0 Å². The van der Waals surface area contributed by atoms with E-state index in [1.807, 2.05) is 49.4 Å². The van der Waals surface area contributed by atoms with E-state index in [-0.39, 0.29) is 6.09 Å². The maximum atomic E-state index is 12.6. The van der Waals surface area contributed by atoms with Crippen molar-refractivity contribution in [1.29, 1.82) is 0 Å². The number of cyclic esters (lactones) is 1. The zero-order valence-electron chi connectivity index (χ0n) is 20.9. The number of hydrogen-bond donors (Lipinski definition) is 2. The Morgan fingerprint density at radius 2 is 1.50 bits per heavy atom. The molecule has 38 heavy (non-hydrogen) atoms. The molecule has 0 spiro atoms. The number of nitrogens with zero attached hydrogens (tertiary/aromatic N) is 2. The summed E-state index contributed by atoms with van der Waals surface area (Å²) in [6.07, 6.45) is 0.0677. The van der Waals surface area contributed by atoms with Gasteiger partial charge in [0.25, 0.3) is 0 Å². The van der Waals surface area contributed by atoms with Gasteiger partial charge in [0.2, 0.25) is 0 Å². The Balaban J connectivity index is 0.000000689. The van der Waals surface area contributed by atoms with Gasteiger partial charge in [0.15, 0.2) is 11.9 Å². The highest BCUT2D eigenvalue weighted by Crippen LogP contribution is 2.41. The van der Waals surface area contributed by atoms with Gasteiger partial charge in [0.1, 0.15) is 0 Å². The number of hydrogen-bond acceptors (Lipinski definition) is 5. The quantitative estimate of drug-likeness (QED) is 0.283. The van der Waals surface area contributed by atoms with Gasteiger partial charge in [-0.3, -0.25) is 4.90 Å². The number of rotatable bonds is 6. The monoisotopic (exact) mass is 512 g/mol. The molecular formula is C30H28N2O6. The minimum Gasteiger partial charge on any atom is -0.450 e. The molecule has 1 aromatic heterocycles. The summed E-state index contributed by atoms with van der Waals surface area (Å²) in [6, 6.07) is 27.1. The molecule has 0 radical (unpaired) electrons. The van der Waals surface area contributed by atoms with Gasteiger partial charge in [-0.2, -0.15) is 0 Å². The number of amides is 1. The fourth-order valence-corrected chi connectivity index (χ4v) is 4.73. The molecular weight excluding hydrogens is 484 g/mol. The molecule has 8 heteroatoms. The van der Waals surface area contributed by atoms with E-state index in [0.29, 0.717) is 18.8 Å². The van der Waals surface area contributed by atoms with Crippen LogP contribution >= 0.6 is 0 Å². The first-order chi connectivity index (χ1) is 18.4. The van der Waals surface area contributed by atoms with E-state index < -0.39 is 12.3 Å². The second kappa shape index (κ2) is 10.8. The molecule has 4 aromatic rings. The van der Waals surface area contributed by atoms with Crippen molar-refractivity contribution in [1.82, 2.24) is 10.1 Å². The maximum absolute atomic E-state index is 12.6. The molecule has 1 aliphatic heterocycles. The average molecular weight is 513 g/mol. The van der Waals surface area contributed by atoms with Crippen molar-refractivity contribution in [3.05, 3.63) is 101 Å². The molecule has 2 N–H and O–H groups in total. The highest BCUT2D eigenvalue weighted by molar-refractivity contribution is 5.73. The summed E-state index contributed by atoms with van der Waals surface area (Å²) in [6.45, 7) is 2.88. The topological polar surface area (TPSA) is 113 Å². The first-order valence-corrected chi connectivity index (χ1v) is 12.5. The van der Waals surface area contributed by atoms with Gasteiger partial charge in [-0.25, -0.2) is 9.59 Å². The molecule has 1 amide bonds. The van der Waals surface area contributed by atoms with Gasteiger partial charge in [0, 0.05) is 12.1 Å². The predicted octanol–water partition coefficient (Wildman–Crippen LogP) is 7.11. The summed E-state index contributed by atoms with van der Waals surface area (Å²) in [5, 5.41) is 18.1. The van der Waals surface area contributed by atoms with Crippen LogP contribution in [0.1, 0.15) is 47.2 Å². The summed E-state index contributed by atoms with van der Waals surface area (Å²) in [7, 11) is 0. The number of benzene rings is 3. The summed E-state index contributed by atoms with van der Waals surface area (Å²) < 4.78 is 11.5. The molecule has 0 bridgehead atoms. The van der Waals surface area contributed by atoms with Crippen LogP contribution in [0.15, 0.2) is 83.4 Å². The normalized spacial score (nSPS) is 16.5. The molecule has 1 atom stereocenters. The second-order valence-corrected chi connectivity index (χ2v) is 9.51. The van der Waals surface area contributed by atoms with E-state index in [1.165, 1.54) is 24.0 Å². The van der Waals surface area contributed by atoms with Crippen LogP contribution in [0, 0.1) is 6.92 Å². The van der Waals surface area contributed by atoms with E-state index in [2.05, 4.69) is 41.6 Å². The SMILES string of the molecule is Cc1noc(-c2ccc(-c3ccc(C4CC4)cc3)cc2)c1C1CN(Cc2ccccc2)C(=O)O1.O=C(O)O. The van der Waals surface area contributed by atoms with Crippen LogP contribution in [0.3, 0.4) is 0 Å². The van der Waals surface area contributed by atoms with E-state index in [0.717, 1.165) is 33.9 Å². The first kappa shape index (κ1) is 25.1. The molecule has 2 aliphatic rings. The Kier molecular flexibility index (Phi) is 7.13. The van der Waals surface area contributed by atoms with Crippen LogP contribution in [0.25, 0.3) is 22.5 Å². The van der Waals surface area contributed by atoms with Crippen LogP contribution in [0.4, 0.5) is 9.59 Å². The zero-order valence-corrected chi connectivity index (χ0v) is 20.9. The zero-order chi connectivity index (χ0) is 26.6. The molecule has 1 saturated carbocycles. The average Bonchev–Trinajstić information content (AvgIpc) is 3.61. The molecule has 2 heterocycles. The van der Waals surface area contributed by atoms with Gasteiger partial charge < -0.3 is 19.5 Å². The van der Waals surface area contributed by atoms with Crippen molar-refractivity contribution in [3.8, 4) is 22.5 Å². The minimum atomic E-state index is -1.83. The van der Waals surface area contributed by atoms with E-state index in [4.69, 9.17) is 24.3 Å². The standard InChI is InChI=1S/C29H26N2O3.CH2O3/c1-19-27(26-18-31(29(32)33-26)17-20-5-3-2-4-6-20)28(34-30-19)25-15-13-24(14-16-25)23-11-9-22(10-12-23)21-7-8-21;2-1(3)4/h2-6,9-16,21,26H,7-8,17-18H2,1H3;(H2,2,3,4). The molecule has 1 unspecified atom stereocenters. The Morgan fingerprint density at radius 3 is 2.11 bits per heavy atom. The molecule has 8 nitrogen and oxygen atoms in total. The lowest BCUT2D eigenvalue weighted by atomic mass is 9.98. The Hall–Kier alpha value is -4.59. The van der Waals surface area contributed by atoms with Gasteiger partial charge in [-0.1, -0.05) is 84.0 Å². The Morgan fingerprint density at radius 1 is 0.921 bits per heavy atom. The highest BCUT2D eigenvalue weighted by Gasteiger charge is 2.36. The molecule has 1 saturated heterocycles. The van der Waals surface area contributed by atoms with E-state index in [9.17, 15) is 4.79 Å². The number of carbonyl (C=O) groups excluding carboxylic acids is 1. The van der Waals surface area contributed by atoms with Crippen LogP contribution in [-0.4, -0.2) is 39.1 Å². The minimum absolute atomic E-state index is 0.314. The van der Waals surface area contributed by atoms with Crippen molar-refractivity contribution in [2.24, 2.45) is 0 Å². The number of carbonyl (C=O) groups is 2. The van der Waals surface area contributed by atoms with Gasteiger partial charge in [-0.15, -0.1) is 0 Å².